The molecular formula is C21H27N3O3. The monoisotopic (exact) mass is 369 g/mol. The van der Waals surface area contributed by atoms with Crippen LogP contribution in [0.5, 0.6) is 0 Å². The van der Waals surface area contributed by atoms with Gasteiger partial charge in [-0.3, -0.25) is 9.59 Å². The molecule has 27 heavy (non-hydrogen) atoms. The van der Waals surface area contributed by atoms with Crippen molar-refractivity contribution < 1.29 is 14.0 Å². The van der Waals surface area contributed by atoms with Gasteiger partial charge in [-0.2, -0.15) is 0 Å². The molecule has 0 spiro atoms. The Bertz CT molecular complexity index is 898. The van der Waals surface area contributed by atoms with E-state index in [0.717, 1.165) is 40.5 Å². The number of amides is 2. The lowest BCUT2D eigenvalue weighted by molar-refractivity contribution is -0.141. The molecule has 0 unspecified atom stereocenters. The molecule has 6 heteroatoms. The van der Waals surface area contributed by atoms with Crippen molar-refractivity contribution in [3.63, 3.8) is 0 Å². The van der Waals surface area contributed by atoms with Crippen LogP contribution in [0.15, 0.2) is 16.7 Å². The highest BCUT2D eigenvalue weighted by molar-refractivity contribution is 5.94. The van der Waals surface area contributed by atoms with Crippen molar-refractivity contribution >= 4 is 22.8 Å². The Morgan fingerprint density at radius 3 is 2.78 bits per heavy atom. The summed E-state index contributed by atoms with van der Waals surface area (Å²) in [5, 5.41) is 7.29. The van der Waals surface area contributed by atoms with Gasteiger partial charge in [-0.05, 0) is 50.3 Å². The van der Waals surface area contributed by atoms with Crippen LogP contribution < -0.4 is 10.6 Å². The Hall–Kier alpha value is -2.34. The maximum absolute atomic E-state index is 13.1. The van der Waals surface area contributed by atoms with Gasteiger partial charge >= 0.3 is 0 Å². The van der Waals surface area contributed by atoms with Gasteiger partial charge in [0.1, 0.15) is 11.6 Å². The molecule has 2 N–H and O–H groups in total. The van der Waals surface area contributed by atoms with Crippen LogP contribution in [0.25, 0.3) is 11.0 Å². The number of carbonyl (C=O) groups is 2. The molecule has 2 aromatic rings. The van der Waals surface area contributed by atoms with Crippen molar-refractivity contribution in [3.8, 4) is 0 Å². The quantitative estimate of drug-likeness (QED) is 0.864. The summed E-state index contributed by atoms with van der Waals surface area (Å²) in [5.41, 5.74) is 5.17. The van der Waals surface area contributed by atoms with E-state index < -0.39 is 6.04 Å². The average Bonchev–Trinajstić information content (AvgIpc) is 3.36. The van der Waals surface area contributed by atoms with Crippen molar-refractivity contribution in [2.45, 2.75) is 52.1 Å². The fraction of sp³-hybridized carbons (Fsp3) is 0.524. The Morgan fingerprint density at radius 1 is 1.26 bits per heavy atom. The zero-order valence-corrected chi connectivity index (χ0v) is 16.2. The fourth-order valence-electron chi connectivity index (χ4n) is 3.94. The molecule has 0 radical (unpaired) electrons. The highest BCUT2D eigenvalue weighted by Crippen LogP contribution is 2.30. The van der Waals surface area contributed by atoms with E-state index >= 15 is 0 Å². The van der Waals surface area contributed by atoms with E-state index in [1.165, 1.54) is 5.56 Å². The maximum Gasteiger partial charge on any atom is 0.244 e. The van der Waals surface area contributed by atoms with Gasteiger partial charge in [0.15, 0.2) is 0 Å². The van der Waals surface area contributed by atoms with Crippen LogP contribution in [0.4, 0.5) is 0 Å². The average molecular weight is 369 g/mol. The molecule has 144 valence electrons. The lowest BCUT2D eigenvalue weighted by atomic mass is 9.98. The van der Waals surface area contributed by atoms with Gasteiger partial charge in [0.05, 0.1) is 12.7 Å². The molecule has 1 saturated heterocycles. The molecule has 2 aliphatic rings. The van der Waals surface area contributed by atoms with Crippen molar-refractivity contribution in [1.82, 2.24) is 15.5 Å². The molecule has 0 bridgehead atoms. The Kier molecular flexibility index (Phi) is 4.68. The number of aryl methyl sites for hydroxylation is 3. The number of carbonyl (C=O) groups excluding carboxylic acids is 2. The number of fused-ring (bicyclic) bond motifs is 1. The maximum atomic E-state index is 13.1. The van der Waals surface area contributed by atoms with Gasteiger partial charge in [-0.15, -0.1) is 0 Å². The van der Waals surface area contributed by atoms with Crippen molar-refractivity contribution in [3.05, 3.63) is 34.6 Å². The molecule has 1 saturated carbocycles. The number of hydrogen-bond acceptors (Lipinski definition) is 4. The number of benzene rings is 1. The molecule has 2 fully saturated rings. The largest absolute Gasteiger partial charge is 0.464 e. The summed E-state index contributed by atoms with van der Waals surface area (Å²) < 4.78 is 5.80. The minimum Gasteiger partial charge on any atom is -0.464 e. The van der Waals surface area contributed by atoms with Crippen molar-refractivity contribution in [1.29, 1.82) is 0 Å². The van der Waals surface area contributed by atoms with Crippen molar-refractivity contribution in [2.75, 3.05) is 19.6 Å². The van der Waals surface area contributed by atoms with Crippen LogP contribution in [0.2, 0.25) is 0 Å². The summed E-state index contributed by atoms with van der Waals surface area (Å²) in [6.07, 6.45) is 4.03. The Labute approximate surface area is 159 Å². The second kappa shape index (κ2) is 7.00. The Morgan fingerprint density at radius 2 is 2.04 bits per heavy atom. The highest BCUT2D eigenvalue weighted by atomic mass is 16.3. The number of rotatable bonds is 4. The van der Waals surface area contributed by atoms with Gasteiger partial charge in [0.2, 0.25) is 11.8 Å². The summed E-state index contributed by atoms with van der Waals surface area (Å²) in [7, 11) is 0. The van der Waals surface area contributed by atoms with Crippen LogP contribution in [0, 0.1) is 20.8 Å². The summed E-state index contributed by atoms with van der Waals surface area (Å²) in [4.78, 5) is 27.3. The number of piperazine rings is 1. The summed E-state index contributed by atoms with van der Waals surface area (Å²) in [5.74, 6) is -0.0643. The topological polar surface area (TPSA) is 74.6 Å². The van der Waals surface area contributed by atoms with Gasteiger partial charge in [0, 0.05) is 36.6 Å². The van der Waals surface area contributed by atoms with Gasteiger partial charge in [0.25, 0.3) is 0 Å². The van der Waals surface area contributed by atoms with Crippen LogP contribution >= 0.6 is 0 Å². The fourth-order valence-corrected chi connectivity index (χ4v) is 3.94. The zero-order chi connectivity index (χ0) is 19.1. The predicted molar refractivity (Wildman–Crippen MR) is 104 cm³/mol. The van der Waals surface area contributed by atoms with Gasteiger partial charge < -0.3 is 20.0 Å². The van der Waals surface area contributed by atoms with Crippen LogP contribution in [-0.2, 0) is 16.0 Å². The molecule has 1 aromatic carbocycles. The van der Waals surface area contributed by atoms with E-state index in [-0.39, 0.29) is 18.2 Å². The van der Waals surface area contributed by atoms with E-state index in [4.69, 9.17) is 4.42 Å². The molecular weight excluding hydrogens is 342 g/mol. The first-order chi connectivity index (χ1) is 13.0. The zero-order valence-electron chi connectivity index (χ0n) is 16.2. The first kappa shape index (κ1) is 18.0. The number of furan rings is 1. The standard InChI is InChI=1S/C21H27N3O3/c1-12-8-13(2)19-15(11-27-20(19)14(12)3)9-18(25)24-7-6-22-10-17(24)21(26)23-16-4-5-16/h8,11,16-17,22H,4-7,9-10H2,1-3H3,(H,23,26)/t17-/m1/s1. The number of hydrogen-bond donors (Lipinski definition) is 2. The molecule has 4 rings (SSSR count). The normalized spacial score (nSPS) is 20.1. The lowest BCUT2D eigenvalue weighted by Gasteiger charge is -2.35. The summed E-state index contributed by atoms with van der Waals surface area (Å²) in [6.45, 7) is 7.93. The second-order valence-corrected chi connectivity index (χ2v) is 7.87. The van der Waals surface area contributed by atoms with Crippen LogP contribution in [0.3, 0.4) is 0 Å². The van der Waals surface area contributed by atoms with Crippen molar-refractivity contribution in [2.24, 2.45) is 0 Å². The molecule has 2 amide bonds. The van der Waals surface area contributed by atoms with E-state index in [0.29, 0.717) is 25.7 Å². The summed E-state index contributed by atoms with van der Waals surface area (Å²) >= 11 is 0. The molecule has 1 atom stereocenters. The first-order valence-corrected chi connectivity index (χ1v) is 9.73. The third-order valence-corrected chi connectivity index (χ3v) is 5.76. The minimum atomic E-state index is -0.435. The van der Waals surface area contributed by atoms with Gasteiger partial charge in [-0.1, -0.05) is 6.07 Å². The second-order valence-electron chi connectivity index (χ2n) is 7.87. The molecule has 1 aliphatic carbocycles. The van der Waals surface area contributed by atoms with Gasteiger partial charge in [-0.25, -0.2) is 0 Å². The third-order valence-electron chi connectivity index (χ3n) is 5.76. The van der Waals surface area contributed by atoms with Crippen LogP contribution in [0.1, 0.15) is 35.1 Å². The SMILES string of the molecule is Cc1cc(C)c2c(CC(=O)N3CCNC[C@@H]3C(=O)NC3CC3)coc2c1C. The lowest BCUT2D eigenvalue weighted by Crippen LogP contribution is -2.60. The minimum absolute atomic E-state index is 0.0206. The van der Waals surface area contributed by atoms with E-state index in [2.05, 4.69) is 30.5 Å². The molecule has 2 heterocycles. The van der Waals surface area contributed by atoms with Crippen LogP contribution in [-0.4, -0.2) is 48.4 Å². The molecule has 1 aromatic heterocycles. The number of nitrogens with zero attached hydrogens (tertiary/aromatic N) is 1. The summed E-state index contributed by atoms with van der Waals surface area (Å²) in [6, 6.07) is 2.00. The predicted octanol–water partition coefficient (Wildman–Crippen LogP) is 1.98. The van der Waals surface area contributed by atoms with E-state index in [1.54, 1.807) is 11.2 Å². The Balaban J connectivity index is 1.56. The highest BCUT2D eigenvalue weighted by Gasteiger charge is 2.35. The smallest absolute Gasteiger partial charge is 0.244 e. The first-order valence-electron chi connectivity index (χ1n) is 9.73. The third kappa shape index (κ3) is 3.46. The van der Waals surface area contributed by atoms with E-state index in [9.17, 15) is 9.59 Å². The molecule has 6 nitrogen and oxygen atoms in total. The van der Waals surface area contributed by atoms with E-state index in [1.807, 2.05) is 6.92 Å². The number of nitrogens with one attached hydrogen (secondary N) is 2. The molecule has 1 aliphatic heterocycles.